The number of amides is 1. The summed E-state index contributed by atoms with van der Waals surface area (Å²) in [5.41, 5.74) is 3.01. The van der Waals surface area contributed by atoms with Gasteiger partial charge in [-0.2, -0.15) is 0 Å². The Morgan fingerprint density at radius 3 is 2.82 bits per heavy atom. The summed E-state index contributed by atoms with van der Waals surface area (Å²) in [5, 5.41) is 13.0. The van der Waals surface area contributed by atoms with Gasteiger partial charge in [0.1, 0.15) is 0 Å². The van der Waals surface area contributed by atoms with Gasteiger partial charge in [-0.15, -0.1) is 0 Å². The predicted molar refractivity (Wildman–Crippen MR) is 109 cm³/mol. The second-order valence-electron chi connectivity index (χ2n) is 7.88. The summed E-state index contributed by atoms with van der Waals surface area (Å²) >= 11 is 7.94. The summed E-state index contributed by atoms with van der Waals surface area (Å²) in [5.74, 6) is -0.997. The minimum Gasteiger partial charge on any atom is -0.478 e. The van der Waals surface area contributed by atoms with E-state index in [1.807, 2.05) is 24.3 Å². The molecule has 0 aromatic heterocycles. The molecule has 2 aromatic carbocycles. The second-order valence-corrected chi connectivity index (χ2v) is 9.17. The van der Waals surface area contributed by atoms with Crippen LogP contribution in [-0.4, -0.2) is 23.0 Å². The predicted octanol–water partition coefficient (Wildman–Crippen LogP) is 4.48. The molecule has 1 aliphatic heterocycles. The first-order valence-corrected chi connectivity index (χ1v) is 10.5. The Morgan fingerprint density at radius 2 is 2.11 bits per heavy atom. The van der Waals surface area contributed by atoms with Crippen molar-refractivity contribution in [1.29, 1.82) is 0 Å². The highest BCUT2D eigenvalue weighted by Crippen LogP contribution is 2.65. The molecule has 2 unspecified atom stereocenters. The van der Waals surface area contributed by atoms with Crippen LogP contribution < -0.4 is 10.0 Å². The van der Waals surface area contributed by atoms with Crippen LogP contribution in [0.4, 0.5) is 5.69 Å². The lowest BCUT2D eigenvalue weighted by atomic mass is 9.91. The largest absolute Gasteiger partial charge is 0.478 e. The maximum absolute atomic E-state index is 12.9. The van der Waals surface area contributed by atoms with Crippen LogP contribution in [0, 0.1) is 6.92 Å². The zero-order valence-corrected chi connectivity index (χ0v) is 16.8. The highest BCUT2D eigenvalue weighted by atomic mass is 35.5. The lowest BCUT2D eigenvalue weighted by Crippen LogP contribution is -2.21. The standard InChI is InChI=1S/C21H19ClN2O3S/c1-10-2-3-11(6-13(10)19(25)26)15-9-21(15)14-7-18(28-24-12-4-5-12)16(22)8-17(14)23-20(21)27/h2-3,6-8,12,15,24H,4-5,9H2,1H3,(H,23,27)(H,25,26). The number of carbonyl (C=O) groups is 2. The topological polar surface area (TPSA) is 78.4 Å². The average Bonchev–Trinajstić information content (AvgIpc) is 3.55. The van der Waals surface area contributed by atoms with Crippen LogP contribution in [-0.2, 0) is 10.2 Å². The van der Waals surface area contributed by atoms with Gasteiger partial charge in [-0.3, -0.25) is 9.52 Å². The molecule has 2 aliphatic carbocycles. The Bertz CT molecular complexity index is 1040. The number of anilines is 1. The molecule has 2 atom stereocenters. The van der Waals surface area contributed by atoms with E-state index in [1.54, 1.807) is 13.0 Å². The van der Waals surface area contributed by atoms with Crippen LogP contribution in [0.3, 0.4) is 0 Å². The van der Waals surface area contributed by atoms with E-state index in [4.69, 9.17) is 11.6 Å². The Labute approximate surface area is 172 Å². The highest BCUT2D eigenvalue weighted by Gasteiger charge is 2.65. The quantitative estimate of drug-likeness (QED) is 0.628. The number of benzene rings is 2. The van der Waals surface area contributed by atoms with Crippen molar-refractivity contribution in [2.45, 2.75) is 48.5 Å². The van der Waals surface area contributed by atoms with E-state index >= 15 is 0 Å². The van der Waals surface area contributed by atoms with Gasteiger partial charge in [-0.1, -0.05) is 23.7 Å². The van der Waals surface area contributed by atoms with Crippen molar-refractivity contribution in [3.8, 4) is 0 Å². The number of fused-ring (bicyclic) bond motifs is 2. The van der Waals surface area contributed by atoms with E-state index in [1.165, 1.54) is 24.8 Å². The van der Waals surface area contributed by atoms with Crippen LogP contribution >= 0.6 is 23.5 Å². The molecular weight excluding hydrogens is 396 g/mol. The van der Waals surface area contributed by atoms with E-state index in [0.717, 1.165) is 27.3 Å². The number of hydrogen-bond donors (Lipinski definition) is 3. The van der Waals surface area contributed by atoms with E-state index in [-0.39, 0.29) is 11.8 Å². The molecule has 7 heteroatoms. The molecular formula is C21H19ClN2O3S. The minimum absolute atomic E-state index is 0.0251. The van der Waals surface area contributed by atoms with E-state index in [2.05, 4.69) is 10.0 Å². The van der Waals surface area contributed by atoms with Gasteiger partial charge < -0.3 is 10.4 Å². The van der Waals surface area contributed by atoms with Crippen LogP contribution in [0.5, 0.6) is 0 Å². The van der Waals surface area contributed by atoms with E-state index in [0.29, 0.717) is 23.0 Å². The Morgan fingerprint density at radius 1 is 1.32 bits per heavy atom. The summed E-state index contributed by atoms with van der Waals surface area (Å²) in [6.07, 6.45) is 3.04. The van der Waals surface area contributed by atoms with Crippen molar-refractivity contribution < 1.29 is 14.7 Å². The molecule has 2 saturated carbocycles. The highest BCUT2D eigenvalue weighted by molar-refractivity contribution is 7.97. The molecule has 2 aromatic rings. The number of aromatic carboxylic acids is 1. The number of hydrogen-bond acceptors (Lipinski definition) is 4. The number of carboxylic acids is 1. The van der Waals surface area contributed by atoms with Crippen LogP contribution in [0.1, 0.15) is 52.2 Å². The fourth-order valence-corrected chi connectivity index (χ4v) is 5.25. The third-order valence-corrected chi connectivity index (χ3v) is 7.41. The first-order valence-electron chi connectivity index (χ1n) is 9.32. The van der Waals surface area contributed by atoms with E-state index in [9.17, 15) is 14.7 Å². The normalized spacial score (nSPS) is 24.9. The number of carboxylic acid groups (broad SMARTS) is 1. The fraction of sp³-hybridized carbons (Fsp3) is 0.333. The molecule has 3 N–H and O–H groups in total. The van der Waals surface area contributed by atoms with Crippen molar-refractivity contribution in [2.75, 3.05) is 5.32 Å². The number of nitrogens with one attached hydrogen (secondary N) is 2. The third-order valence-electron chi connectivity index (χ3n) is 5.97. The molecule has 5 rings (SSSR count). The Hall–Kier alpha value is -2.02. The first kappa shape index (κ1) is 18.0. The molecule has 28 heavy (non-hydrogen) atoms. The van der Waals surface area contributed by atoms with Gasteiger partial charge in [0.05, 0.1) is 16.0 Å². The third kappa shape index (κ3) is 2.74. The summed E-state index contributed by atoms with van der Waals surface area (Å²) in [7, 11) is 0. The molecule has 0 saturated heterocycles. The van der Waals surface area contributed by atoms with Crippen molar-refractivity contribution in [1.82, 2.24) is 4.72 Å². The number of aryl methyl sites for hydroxylation is 1. The lowest BCUT2D eigenvalue weighted by Gasteiger charge is -2.12. The monoisotopic (exact) mass is 414 g/mol. The zero-order chi connectivity index (χ0) is 19.6. The van der Waals surface area contributed by atoms with E-state index < -0.39 is 11.4 Å². The summed E-state index contributed by atoms with van der Waals surface area (Å²) in [6.45, 7) is 1.78. The summed E-state index contributed by atoms with van der Waals surface area (Å²) in [6, 6.07) is 9.85. The Balaban J connectivity index is 1.51. The first-order chi connectivity index (χ1) is 13.4. The van der Waals surface area contributed by atoms with Crippen molar-refractivity contribution in [2.24, 2.45) is 0 Å². The summed E-state index contributed by atoms with van der Waals surface area (Å²) in [4.78, 5) is 25.3. The van der Waals surface area contributed by atoms with Gasteiger partial charge in [-0.25, -0.2) is 4.79 Å². The number of halogens is 1. The number of rotatable bonds is 5. The minimum atomic E-state index is -0.943. The van der Waals surface area contributed by atoms with Crippen molar-refractivity contribution in [3.05, 3.63) is 57.6 Å². The maximum Gasteiger partial charge on any atom is 0.335 e. The molecule has 0 radical (unpaired) electrons. The molecule has 3 aliphatic rings. The van der Waals surface area contributed by atoms with Crippen LogP contribution in [0.2, 0.25) is 5.02 Å². The van der Waals surface area contributed by atoms with Gasteiger partial charge in [0.25, 0.3) is 0 Å². The van der Waals surface area contributed by atoms with Crippen LogP contribution in [0.25, 0.3) is 0 Å². The number of carbonyl (C=O) groups excluding carboxylic acids is 1. The van der Waals surface area contributed by atoms with Gasteiger partial charge in [0.2, 0.25) is 5.91 Å². The van der Waals surface area contributed by atoms with Crippen molar-refractivity contribution in [3.63, 3.8) is 0 Å². The van der Waals surface area contributed by atoms with Crippen molar-refractivity contribution >= 4 is 41.1 Å². The molecule has 1 spiro atoms. The molecule has 2 fully saturated rings. The Kier molecular flexibility index (Phi) is 4.02. The summed E-state index contributed by atoms with van der Waals surface area (Å²) < 4.78 is 3.39. The smallest absolute Gasteiger partial charge is 0.335 e. The lowest BCUT2D eigenvalue weighted by molar-refractivity contribution is -0.118. The fourth-order valence-electron chi connectivity index (χ4n) is 4.11. The molecule has 1 amide bonds. The van der Waals surface area contributed by atoms with Crippen LogP contribution in [0.15, 0.2) is 35.2 Å². The average molecular weight is 415 g/mol. The van der Waals surface area contributed by atoms with Gasteiger partial charge in [0, 0.05) is 22.5 Å². The van der Waals surface area contributed by atoms with Gasteiger partial charge in [-0.05, 0) is 73.0 Å². The van der Waals surface area contributed by atoms with Gasteiger partial charge in [0.15, 0.2) is 0 Å². The zero-order valence-electron chi connectivity index (χ0n) is 15.2. The molecule has 5 nitrogen and oxygen atoms in total. The molecule has 1 heterocycles. The SMILES string of the molecule is Cc1ccc(C2CC23C(=O)Nc2cc(Cl)c(SNC4CC4)cc23)cc1C(=O)O. The second kappa shape index (κ2) is 6.24. The maximum atomic E-state index is 12.9. The van der Waals surface area contributed by atoms with Gasteiger partial charge >= 0.3 is 5.97 Å². The molecule has 144 valence electrons. The molecule has 0 bridgehead atoms.